The van der Waals surface area contributed by atoms with Crippen molar-refractivity contribution in [2.75, 3.05) is 13.2 Å². The van der Waals surface area contributed by atoms with E-state index in [1.54, 1.807) is 13.8 Å². The number of aliphatic hydroxyl groups is 2. The van der Waals surface area contributed by atoms with Crippen LogP contribution in [0.3, 0.4) is 0 Å². The molecule has 0 aliphatic rings. The third-order valence-corrected chi connectivity index (χ3v) is 1.34. The summed E-state index contributed by atoms with van der Waals surface area (Å²) >= 11 is 0. The van der Waals surface area contributed by atoms with E-state index in [-0.39, 0.29) is 24.4 Å². The maximum atomic E-state index is 8.68. The van der Waals surface area contributed by atoms with Crippen molar-refractivity contribution >= 4 is 0 Å². The number of hydrogen-bond acceptors (Lipinski definition) is 4. The Morgan fingerprint density at radius 3 is 1.00 bits per heavy atom. The van der Waals surface area contributed by atoms with E-state index in [2.05, 4.69) is 0 Å². The highest BCUT2D eigenvalue weighted by atomic mass is 16.5. The van der Waals surface area contributed by atoms with Gasteiger partial charge in [0.2, 0.25) is 0 Å². The van der Waals surface area contributed by atoms with Gasteiger partial charge in [-0.2, -0.15) is 0 Å². The fourth-order valence-electron chi connectivity index (χ4n) is 0.663. The minimum Gasteiger partial charge on any atom is -0.391 e. The van der Waals surface area contributed by atoms with Crippen LogP contribution < -0.4 is 0 Å². The molecule has 0 aliphatic carbocycles. The monoisotopic (exact) mass is 236 g/mol. The zero-order valence-corrected chi connectivity index (χ0v) is 11.4. The molecule has 0 bridgehead atoms. The minimum atomic E-state index is -0.336. The molecule has 0 radical (unpaired) electrons. The second-order valence-corrected chi connectivity index (χ2v) is 4.46. The molecule has 0 aromatic carbocycles. The summed E-state index contributed by atoms with van der Waals surface area (Å²) in [6.45, 7) is 12.1. The first-order valence-corrected chi connectivity index (χ1v) is 5.85. The third kappa shape index (κ3) is 23.6. The molecule has 0 saturated carbocycles. The predicted molar refractivity (Wildman–Crippen MR) is 65.5 cm³/mol. The van der Waals surface area contributed by atoms with Crippen molar-refractivity contribution < 1.29 is 19.7 Å². The maximum absolute atomic E-state index is 8.68. The van der Waals surface area contributed by atoms with Crippen molar-refractivity contribution in [3.05, 3.63) is 0 Å². The molecule has 0 rings (SSSR count). The van der Waals surface area contributed by atoms with E-state index < -0.39 is 0 Å². The van der Waals surface area contributed by atoms with E-state index in [1.165, 1.54) is 0 Å². The van der Waals surface area contributed by atoms with Crippen molar-refractivity contribution in [2.45, 2.75) is 66.0 Å². The normalized spacial score (nSPS) is 14.6. The lowest BCUT2D eigenvalue weighted by Gasteiger charge is -2.07. The molecule has 0 aromatic rings. The zero-order chi connectivity index (χ0) is 13.1. The topological polar surface area (TPSA) is 58.9 Å². The lowest BCUT2D eigenvalue weighted by molar-refractivity contribution is 0.0134. The van der Waals surface area contributed by atoms with Crippen LogP contribution in [0.15, 0.2) is 0 Å². The van der Waals surface area contributed by atoms with Gasteiger partial charge in [0.1, 0.15) is 0 Å². The molecular formula is C12H28O4. The van der Waals surface area contributed by atoms with Crippen LogP contribution in [0.2, 0.25) is 0 Å². The SMILES string of the molecule is CC(O)COC(C)C.CC(O)COC(C)C. The fraction of sp³-hybridized carbons (Fsp3) is 1.00. The molecule has 0 heterocycles. The summed E-state index contributed by atoms with van der Waals surface area (Å²) in [5.74, 6) is 0. The van der Waals surface area contributed by atoms with E-state index in [4.69, 9.17) is 19.7 Å². The van der Waals surface area contributed by atoms with Gasteiger partial charge in [0.15, 0.2) is 0 Å². The molecule has 2 atom stereocenters. The molecule has 0 aliphatic heterocycles. The van der Waals surface area contributed by atoms with Crippen molar-refractivity contribution in [1.29, 1.82) is 0 Å². The van der Waals surface area contributed by atoms with Crippen molar-refractivity contribution in [1.82, 2.24) is 0 Å². The molecular weight excluding hydrogens is 208 g/mol. The Morgan fingerprint density at radius 2 is 0.938 bits per heavy atom. The van der Waals surface area contributed by atoms with Gasteiger partial charge in [-0.25, -0.2) is 0 Å². The molecule has 4 nitrogen and oxygen atoms in total. The molecule has 2 unspecified atom stereocenters. The zero-order valence-electron chi connectivity index (χ0n) is 11.4. The molecule has 0 aromatic heterocycles. The van der Waals surface area contributed by atoms with Crippen LogP contribution in [0, 0.1) is 0 Å². The van der Waals surface area contributed by atoms with Gasteiger partial charge < -0.3 is 19.7 Å². The fourth-order valence-corrected chi connectivity index (χ4v) is 0.663. The van der Waals surface area contributed by atoms with E-state index >= 15 is 0 Å². The summed E-state index contributed by atoms with van der Waals surface area (Å²) in [5.41, 5.74) is 0. The Hall–Kier alpha value is -0.160. The van der Waals surface area contributed by atoms with Gasteiger partial charge in [0.05, 0.1) is 37.6 Å². The standard InChI is InChI=1S/2C6H14O2/c2*1-5(2)8-4-6(3)7/h2*5-7H,4H2,1-3H3. The third-order valence-electron chi connectivity index (χ3n) is 1.34. The summed E-state index contributed by atoms with van der Waals surface area (Å²) in [4.78, 5) is 0. The molecule has 4 heteroatoms. The summed E-state index contributed by atoms with van der Waals surface area (Å²) in [6, 6.07) is 0. The largest absolute Gasteiger partial charge is 0.391 e. The Labute approximate surface area is 99.6 Å². The maximum Gasteiger partial charge on any atom is 0.0745 e. The molecule has 0 saturated heterocycles. The highest BCUT2D eigenvalue weighted by Gasteiger charge is 1.96. The molecule has 2 N–H and O–H groups in total. The van der Waals surface area contributed by atoms with Gasteiger partial charge in [0, 0.05) is 0 Å². The van der Waals surface area contributed by atoms with Crippen LogP contribution in [0.1, 0.15) is 41.5 Å². The van der Waals surface area contributed by atoms with Gasteiger partial charge in [-0.15, -0.1) is 0 Å². The summed E-state index contributed by atoms with van der Waals surface area (Å²) in [5, 5.41) is 17.4. The summed E-state index contributed by atoms with van der Waals surface area (Å²) in [6.07, 6.45) is -0.219. The van der Waals surface area contributed by atoms with Crippen LogP contribution in [0.4, 0.5) is 0 Å². The molecule has 0 spiro atoms. The second-order valence-electron chi connectivity index (χ2n) is 4.46. The number of ether oxygens (including phenoxy) is 2. The van der Waals surface area contributed by atoms with Crippen LogP contribution in [-0.4, -0.2) is 47.8 Å². The lowest BCUT2D eigenvalue weighted by Crippen LogP contribution is -2.14. The van der Waals surface area contributed by atoms with E-state index in [0.717, 1.165) is 0 Å². The predicted octanol–water partition coefficient (Wildman–Crippen LogP) is 1.58. The Bertz CT molecular complexity index is 101. The highest BCUT2D eigenvalue weighted by Crippen LogP contribution is 1.89. The smallest absolute Gasteiger partial charge is 0.0745 e. The summed E-state index contributed by atoms with van der Waals surface area (Å²) < 4.78 is 10.1. The number of rotatable bonds is 6. The number of aliphatic hydroxyl groups excluding tert-OH is 2. The Balaban J connectivity index is 0. The van der Waals surface area contributed by atoms with Crippen LogP contribution in [0.25, 0.3) is 0 Å². The first-order valence-electron chi connectivity index (χ1n) is 5.85. The first-order chi connectivity index (χ1) is 7.25. The lowest BCUT2D eigenvalue weighted by atomic mass is 10.4. The van der Waals surface area contributed by atoms with Crippen molar-refractivity contribution in [3.63, 3.8) is 0 Å². The van der Waals surface area contributed by atoms with Gasteiger partial charge in [-0.05, 0) is 41.5 Å². The summed E-state index contributed by atoms with van der Waals surface area (Å²) in [7, 11) is 0. The van der Waals surface area contributed by atoms with Crippen molar-refractivity contribution in [3.8, 4) is 0 Å². The molecule has 0 fully saturated rings. The average Bonchev–Trinajstić information content (AvgIpc) is 2.12. The molecule has 100 valence electrons. The van der Waals surface area contributed by atoms with Gasteiger partial charge >= 0.3 is 0 Å². The van der Waals surface area contributed by atoms with Gasteiger partial charge in [0.25, 0.3) is 0 Å². The van der Waals surface area contributed by atoms with Gasteiger partial charge in [-0.3, -0.25) is 0 Å². The quantitative estimate of drug-likeness (QED) is 0.735. The highest BCUT2D eigenvalue weighted by molar-refractivity contribution is 4.43. The van der Waals surface area contributed by atoms with Crippen LogP contribution >= 0.6 is 0 Å². The minimum absolute atomic E-state index is 0.226. The Morgan fingerprint density at radius 1 is 0.688 bits per heavy atom. The molecule has 16 heavy (non-hydrogen) atoms. The van der Waals surface area contributed by atoms with E-state index in [0.29, 0.717) is 13.2 Å². The molecule has 0 amide bonds. The van der Waals surface area contributed by atoms with Crippen LogP contribution in [-0.2, 0) is 9.47 Å². The van der Waals surface area contributed by atoms with E-state index in [1.807, 2.05) is 27.7 Å². The van der Waals surface area contributed by atoms with Crippen LogP contribution in [0.5, 0.6) is 0 Å². The Kier molecular flexibility index (Phi) is 12.9. The number of hydrogen-bond donors (Lipinski definition) is 2. The second kappa shape index (κ2) is 11.3. The van der Waals surface area contributed by atoms with Gasteiger partial charge in [-0.1, -0.05) is 0 Å². The van der Waals surface area contributed by atoms with Crippen molar-refractivity contribution in [2.24, 2.45) is 0 Å². The average molecular weight is 236 g/mol. The van der Waals surface area contributed by atoms with E-state index in [9.17, 15) is 0 Å². The first kappa shape index (κ1) is 18.2.